The van der Waals surface area contributed by atoms with E-state index in [9.17, 15) is 9.18 Å². The largest absolute Gasteiger partial charge is 0.485 e. The standard InChI is InChI=1S/C18H13Cl2FN2O2S/c19-12-3-6-14(20)16(7-12)25-9-17-23-15(10-26-17)18(24)22-8-11-1-4-13(21)5-2-11/h1-7,10H,8-9H2,(H,22,24). The van der Waals surface area contributed by atoms with Crippen LogP contribution in [0.25, 0.3) is 0 Å². The first kappa shape index (κ1) is 18.6. The number of hydrogen-bond donors (Lipinski definition) is 1. The molecule has 0 aliphatic heterocycles. The Morgan fingerprint density at radius 3 is 2.73 bits per heavy atom. The number of nitrogens with one attached hydrogen (secondary N) is 1. The van der Waals surface area contributed by atoms with Gasteiger partial charge in [0.15, 0.2) is 0 Å². The zero-order chi connectivity index (χ0) is 18.5. The van der Waals surface area contributed by atoms with Crippen molar-refractivity contribution in [3.05, 3.63) is 80.0 Å². The number of aromatic nitrogens is 1. The van der Waals surface area contributed by atoms with Crippen molar-refractivity contribution in [3.8, 4) is 5.75 Å². The van der Waals surface area contributed by atoms with Crippen molar-refractivity contribution in [2.45, 2.75) is 13.2 Å². The third-order valence-corrected chi connectivity index (χ3v) is 4.76. The highest BCUT2D eigenvalue weighted by Crippen LogP contribution is 2.28. The zero-order valence-electron chi connectivity index (χ0n) is 13.3. The van der Waals surface area contributed by atoms with Gasteiger partial charge in [-0.15, -0.1) is 11.3 Å². The van der Waals surface area contributed by atoms with E-state index >= 15 is 0 Å². The molecule has 0 fully saturated rings. The van der Waals surface area contributed by atoms with Gasteiger partial charge < -0.3 is 10.1 Å². The summed E-state index contributed by atoms with van der Waals surface area (Å²) in [5.41, 5.74) is 1.10. The van der Waals surface area contributed by atoms with Crippen molar-refractivity contribution in [2.24, 2.45) is 0 Å². The molecule has 26 heavy (non-hydrogen) atoms. The van der Waals surface area contributed by atoms with Crippen molar-refractivity contribution < 1.29 is 13.9 Å². The lowest BCUT2D eigenvalue weighted by Gasteiger charge is -2.06. The molecule has 1 heterocycles. The van der Waals surface area contributed by atoms with E-state index in [0.717, 1.165) is 5.56 Å². The van der Waals surface area contributed by atoms with Crippen molar-refractivity contribution in [1.29, 1.82) is 0 Å². The molecule has 0 aliphatic carbocycles. The molecule has 1 amide bonds. The van der Waals surface area contributed by atoms with Crippen LogP contribution in [0.5, 0.6) is 5.75 Å². The van der Waals surface area contributed by atoms with E-state index in [0.29, 0.717) is 33.0 Å². The lowest BCUT2D eigenvalue weighted by atomic mass is 10.2. The van der Waals surface area contributed by atoms with E-state index in [4.69, 9.17) is 27.9 Å². The summed E-state index contributed by atoms with van der Waals surface area (Å²) < 4.78 is 18.5. The van der Waals surface area contributed by atoms with Crippen LogP contribution in [0, 0.1) is 5.82 Å². The number of nitrogens with zero attached hydrogens (tertiary/aromatic N) is 1. The number of carbonyl (C=O) groups is 1. The van der Waals surface area contributed by atoms with Crippen molar-refractivity contribution in [1.82, 2.24) is 10.3 Å². The fourth-order valence-electron chi connectivity index (χ4n) is 2.08. The Balaban J connectivity index is 1.55. The maximum atomic E-state index is 12.9. The van der Waals surface area contributed by atoms with Gasteiger partial charge >= 0.3 is 0 Å². The first-order valence-electron chi connectivity index (χ1n) is 7.56. The summed E-state index contributed by atoms with van der Waals surface area (Å²) in [6.07, 6.45) is 0. The number of ether oxygens (including phenoxy) is 1. The van der Waals surface area contributed by atoms with Crippen LogP contribution in [0.15, 0.2) is 47.8 Å². The quantitative estimate of drug-likeness (QED) is 0.614. The molecule has 3 rings (SSSR count). The maximum absolute atomic E-state index is 12.9. The monoisotopic (exact) mass is 410 g/mol. The maximum Gasteiger partial charge on any atom is 0.271 e. The predicted octanol–water partition coefficient (Wildman–Crippen LogP) is 5.10. The fraction of sp³-hybridized carbons (Fsp3) is 0.111. The average Bonchev–Trinajstić information content (AvgIpc) is 3.11. The van der Waals surface area contributed by atoms with Crippen LogP contribution in [0.3, 0.4) is 0 Å². The van der Waals surface area contributed by atoms with E-state index in [1.807, 2.05) is 0 Å². The minimum absolute atomic E-state index is 0.177. The Labute approximate surface area is 163 Å². The Hall–Kier alpha value is -2.15. The van der Waals surface area contributed by atoms with E-state index < -0.39 is 0 Å². The van der Waals surface area contributed by atoms with Crippen LogP contribution < -0.4 is 10.1 Å². The summed E-state index contributed by atoms with van der Waals surface area (Å²) in [5.74, 6) is -0.168. The summed E-state index contributed by atoms with van der Waals surface area (Å²) in [5, 5.41) is 5.99. The van der Waals surface area contributed by atoms with Crippen LogP contribution in [-0.2, 0) is 13.2 Å². The Bertz CT molecular complexity index is 916. The number of hydrogen-bond acceptors (Lipinski definition) is 4. The smallest absolute Gasteiger partial charge is 0.271 e. The Morgan fingerprint density at radius 2 is 1.96 bits per heavy atom. The van der Waals surface area contributed by atoms with Gasteiger partial charge in [-0.3, -0.25) is 4.79 Å². The summed E-state index contributed by atoms with van der Waals surface area (Å²) in [4.78, 5) is 16.4. The molecule has 1 N–H and O–H groups in total. The minimum atomic E-state index is -0.316. The van der Waals surface area contributed by atoms with E-state index in [1.165, 1.54) is 23.5 Å². The molecule has 134 valence electrons. The highest BCUT2D eigenvalue weighted by atomic mass is 35.5. The number of halogens is 3. The molecule has 0 aliphatic rings. The predicted molar refractivity (Wildman–Crippen MR) is 100 cm³/mol. The molecule has 0 saturated heterocycles. The average molecular weight is 411 g/mol. The first-order chi connectivity index (χ1) is 12.5. The van der Waals surface area contributed by atoms with Crippen molar-refractivity contribution >= 4 is 40.4 Å². The summed E-state index contributed by atoms with van der Waals surface area (Å²) in [7, 11) is 0. The second kappa shape index (κ2) is 8.49. The molecule has 0 spiro atoms. The van der Waals surface area contributed by atoms with E-state index in [2.05, 4.69) is 10.3 Å². The molecule has 0 unspecified atom stereocenters. The Kier molecular flexibility index (Phi) is 6.08. The number of carbonyl (C=O) groups excluding carboxylic acids is 1. The van der Waals surface area contributed by atoms with Gasteiger partial charge in [0.05, 0.1) is 5.02 Å². The highest BCUT2D eigenvalue weighted by Gasteiger charge is 2.12. The van der Waals surface area contributed by atoms with Crippen molar-refractivity contribution in [2.75, 3.05) is 0 Å². The van der Waals surface area contributed by atoms with Gasteiger partial charge in [-0.1, -0.05) is 35.3 Å². The molecule has 0 saturated carbocycles. The van der Waals surface area contributed by atoms with E-state index in [-0.39, 0.29) is 18.3 Å². The molecule has 0 radical (unpaired) electrons. The number of thiazole rings is 1. The molecular formula is C18H13Cl2FN2O2S. The first-order valence-corrected chi connectivity index (χ1v) is 9.20. The SMILES string of the molecule is O=C(NCc1ccc(F)cc1)c1csc(COc2cc(Cl)ccc2Cl)n1. The zero-order valence-corrected chi connectivity index (χ0v) is 15.7. The lowest BCUT2D eigenvalue weighted by Crippen LogP contribution is -2.23. The van der Waals surface area contributed by atoms with Crippen LogP contribution in [-0.4, -0.2) is 10.9 Å². The van der Waals surface area contributed by atoms with Gasteiger partial charge in [-0.2, -0.15) is 0 Å². The van der Waals surface area contributed by atoms with Gasteiger partial charge in [0.2, 0.25) is 0 Å². The lowest BCUT2D eigenvalue weighted by molar-refractivity contribution is 0.0946. The number of benzene rings is 2. The van der Waals surface area contributed by atoms with Gasteiger partial charge in [-0.25, -0.2) is 9.37 Å². The summed E-state index contributed by atoms with van der Waals surface area (Å²) in [6, 6.07) is 10.9. The molecule has 1 aromatic heterocycles. The van der Waals surface area contributed by atoms with Crippen LogP contribution in [0.2, 0.25) is 10.0 Å². The van der Waals surface area contributed by atoms with Crippen LogP contribution in [0.1, 0.15) is 21.1 Å². The minimum Gasteiger partial charge on any atom is -0.485 e. The fourth-order valence-corrected chi connectivity index (χ4v) is 3.10. The molecule has 2 aromatic carbocycles. The van der Waals surface area contributed by atoms with Crippen molar-refractivity contribution in [3.63, 3.8) is 0 Å². The van der Waals surface area contributed by atoms with Gasteiger partial charge in [-0.05, 0) is 29.8 Å². The molecular weight excluding hydrogens is 398 g/mol. The van der Waals surface area contributed by atoms with Gasteiger partial charge in [0.25, 0.3) is 5.91 Å². The Morgan fingerprint density at radius 1 is 1.19 bits per heavy atom. The third kappa shape index (κ3) is 4.94. The topological polar surface area (TPSA) is 51.2 Å². The second-order valence-electron chi connectivity index (χ2n) is 5.30. The molecule has 0 atom stereocenters. The van der Waals surface area contributed by atoms with Crippen LogP contribution >= 0.6 is 34.5 Å². The summed E-state index contributed by atoms with van der Waals surface area (Å²) in [6.45, 7) is 0.469. The normalized spacial score (nSPS) is 10.6. The second-order valence-corrected chi connectivity index (χ2v) is 7.09. The van der Waals surface area contributed by atoms with Gasteiger partial charge in [0.1, 0.15) is 28.9 Å². The number of rotatable bonds is 6. The molecule has 3 aromatic rings. The van der Waals surface area contributed by atoms with Crippen LogP contribution in [0.4, 0.5) is 4.39 Å². The third-order valence-electron chi connectivity index (χ3n) is 3.40. The van der Waals surface area contributed by atoms with E-state index in [1.54, 1.807) is 35.7 Å². The molecule has 8 heteroatoms. The summed E-state index contributed by atoms with van der Waals surface area (Å²) >= 11 is 13.3. The number of amides is 1. The highest BCUT2D eigenvalue weighted by molar-refractivity contribution is 7.09. The van der Waals surface area contributed by atoms with Gasteiger partial charge in [0, 0.05) is 23.0 Å². The molecule has 0 bridgehead atoms. The molecule has 4 nitrogen and oxygen atoms in total.